The number of ether oxygens (including phenoxy) is 2. The van der Waals surface area contributed by atoms with E-state index >= 15 is 0 Å². The van der Waals surface area contributed by atoms with Crippen LogP contribution in [0.5, 0.6) is 0 Å². The molecule has 1 fully saturated rings. The number of carbonyl (C=O) groups is 3. The molecule has 0 spiro atoms. The van der Waals surface area contributed by atoms with Gasteiger partial charge in [0, 0.05) is 44.1 Å². The van der Waals surface area contributed by atoms with Crippen LogP contribution in [0.25, 0.3) is 0 Å². The zero-order chi connectivity index (χ0) is 21.8. The molecule has 3 amide bonds. The Bertz CT molecular complexity index is 685. The monoisotopic (exact) mass is 419 g/mol. The molecule has 1 aliphatic heterocycles. The van der Waals surface area contributed by atoms with Gasteiger partial charge in [-0.15, -0.1) is 0 Å². The molecule has 30 heavy (non-hydrogen) atoms. The van der Waals surface area contributed by atoms with Gasteiger partial charge in [-0.05, 0) is 49.9 Å². The van der Waals surface area contributed by atoms with E-state index in [1.165, 1.54) is 7.11 Å². The zero-order valence-electron chi connectivity index (χ0n) is 17.9. The Kier molecular flexibility index (Phi) is 10.1. The number of piperidine rings is 1. The summed E-state index contributed by atoms with van der Waals surface area (Å²) >= 11 is 0. The van der Waals surface area contributed by atoms with Gasteiger partial charge in [-0.1, -0.05) is 13.3 Å². The number of urea groups is 1. The Morgan fingerprint density at radius 3 is 2.37 bits per heavy atom. The van der Waals surface area contributed by atoms with Crippen LogP contribution in [0.3, 0.4) is 0 Å². The zero-order valence-corrected chi connectivity index (χ0v) is 17.9. The summed E-state index contributed by atoms with van der Waals surface area (Å²) in [5.41, 5.74) is 1.18. The van der Waals surface area contributed by atoms with Gasteiger partial charge >= 0.3 is 12.0 Å². The number of unbranched alkanes of at least 4 members (excludes halogenated alkanes) is 1. The lowest BCUT2D eigenvalue weighted by Gasteiger charge is -2.30. The molecular weight excluding hydrogens is 386 g/mol. The Labute approximate surface area is 178 Å². The molecule has 8 nitrogen and oxygen atoms in total. The summed E-state index contributed by atoms with van der Waals surface area (Å²) in [6.45, 7) is 5.11. The molecule has 8 heteroatoms. The highest BCUT2D eigenvalue weighted by molar-refractivity contribution is 5.95. The van der Waals surface area contributed by atoms with Crippen molar-refractivity contribution in [1.82, 2.24) is 10.2 Å². The molecule has 0 saturated carbocycles. The van der Waals surface area contributed by atoms with E-state index in [1.807, 2.05) is 0 Å². The van der Waals surface area contributed by atoms with Crippen molar-refractivity contribution in [2.45, 2.75) is 39.0 Å². The predicted molar refractivity (Wildman–Crippen MR) is 114 cm³/mol. The van der Waals surface area contributed by atoms with Crippen LogP contribution in [0, 0.1) is 5.92 Å². The average molecular weight is 420 g/mol. The SMILES string of the molecule is CCCCOCCCNC(=O)Nc1ccc(C(=O)N2CCC(C(=O)OC)CC2)cc1. The van der Waals surface area contributed by atoms with E-state index in [-0.39, 0.29) is 23.8 Å². The molecule has 1 aliphatic rings. The van der Waals surface area contributed by atoms with Crippen molar-refractivity contribution in [3.8, 4) is 0 Å². The average Bonchev–Trinajstić information content (AvgIpc) is 2.78. The Morgan fingerprint density at radius 1 is 1.07 bits per heavy atom. The summed E-state index contributed by atoms with van der Waals surface area (Å²) < 4.78 is 10.2. The third-order valence-corrected chi connectivity index (χ3v) is 5.10. The first kappa shape index (κ1) is 23.7. The van der Waals surface area contributed by atoms with Crippen LogP contribution >= 0.6 is 0 Å². The Balaban J connectivity index is 1.71. The molecular formula is C22H33N3O5. The lowest BCUT2D eigenvalue weighted by molar-refractivity contribution is -0.146. The summed E-state index contributed by atoms with van der Waals surface area (Å²) in [4.78, 5) is 37.9. The molecule has 1 aromatic carbocycles. The van der Waals surface area contributed by atoms with Gasteiger partial charge in [-0.3, -0.25) is 9.59 Å². The van der Waals surface area contributed by atoms with E-state index in [0.29, 0.717) is 50.3 Å². The fraction of sp³-hybridized carbons (Fsp3) is 0.591. The number of esters is 1. The molecule has 1 heterocycles. The fourth-order valence-electron chi connectivity index (χ4n) is 3.26. The second-order valence-electron chi connectivity index (χ2n) is 7.37. The van der Waals surface area contributed by atoms with Crippen molar-refractivity contribution < 1.29 is 23.9 Å². The molecule has 0 radical (unpaired) electrons. The van der Waals surface area contributed by atoms with E-state index < -0.39 is 0 Å². The van der Waals surface area contributed by atoms with Crippen molar-refractivity contribution >= 4 is 23.6 Å². The van der Waals surface area contributed by atoms with Gasteiger partial charge in [-0.25, -0.2) is 4.79 Å². The Morgan fingerprint density at radius 2 is 1.73 bits per heavy atom. The maximum Gasteiger partial charge on any atom is 0.319 e. The molecule has 0 unspecified atom stereocenters. The largest absolute Gasteiger partial charge is 0.469 e. The van der Waals surface area contributed by atoms with Crippen molar-refractivity contribution in [3.05, 3.63) is 29.8 Å². The van der Waals surface area contributed by atoms with Gasteiger partial charge in [0.15, 0.2) is 0 Å². The number of rotatable bonds is 10. The van der Waals surface area contributed by atoms with Gasteiger partial charge in [0.25, 0.3) is 5.91 Å². The third-order valence-electron chi connectivity index (χ3n) is 5.10. The van der Waals surface area contributed by atoms with Crippen molar-refractivity contribution in [3.63, 3.8) is 0 Å². The fourth-order valence-corrected chi connectivity index (χ4v) is 3.26. The van der Waals surface area contributed by atoms with Crippen LogP contribution in [-0.2, 0) is 14.3 Å². The molecule has 0 aromatic heterocycles. The lowest BCUT2D eigenvalue weighted by Crippen LogP contribution is -2.40. The first-order chi connectivity index (χ1) is 14.5. The summed E-state index contributed by atoms with van der Waals surface area (Å²) in [6, 6.07) is 6.54. The number of benzene rings is 1. The van der Waals surface area contributed by atoms with Crippen LogP contribution < -0.4 is 10.6 Å². The van der Waals surface area contributed by atoms with Crippen LogP contribution in [0.15, 0.2) is 24.3 Å². The van der Waals surface area contributed by atoms with Crippen LogP contribution in [0.1, 0.15) is 49.4 Å². The first-order valence-electron chi connectivity index (χ1n) is 10.6. The standard InChI is InChI=1S/C22H33N3O5/c1-3-4-15-30-16-5-12-23-22(28)24-19-8-6-17(7-9-19)20(26)25-13-10-18(11-14-25)21(27)29-2/h6-9,18H,3-5,10-16H2,1-2H3,(H2,23,24,28). The molecule has 0 aliphatic carbocycles. The van der Waals surface area contributed by atoms with E-state index in [9.17, 15) is 14.4 Å². The van der Waals surface area contributed by atoms with Gasteiger partial charge in [-0.2, -0.15) is 0 Å². The predicted octanol–water partition coefficient (Wildman–Crippen LogP) is 3.04. The highest BCUT2D eigenvalue weighted by atomic mass is 16.5. The number of anilines is 1. The number of nitrogens with one attached hydrogen (secondary N) is 2. The van der Waals surface area contributed by atoms with E-state index in [4.69, 9.17) is 9.47 Å². The normalized spacial score (nSPS) is 14.3. The maximum absolute atomic E-state index is 12.6. The number of amides is 3. The van der Waals surface area contributed by atoms with Gasteiger partial charge in [0.05, 0.1) is 13.0 Å². The van der Waals surface area contributed by atoms with Crippen LogP contribution in [0.4, 0.5) is 10.5 Å². The van der Waals surface area contributed by atoms with Crippen LogP contribution in [0.2, 0.25) is 0 Å². The Hall–Kier alpha value is -2.61. The smallest absolute Gasteiger partial charge is 0.319 e. The molecule has 166 valence electrons. The number of methoxy groups -OCH3 is 1. The minimum Gasteiger partial charge on any atom is -0.469 e. The molecule has 0 bridgehead atoms. The summed E-state index contributed by atoms with van der Waals surface area (Å²) in [7, 11) is 1.39. The number of nitrogens with zero attached hydrogens (tertiary/aromatic N) is 1. The van der Waals surface area contributed by atoms with Gasteiger partial charge in [0.1, 0.15) is 0 Å². The van der Waals surface area contributed by atoms with Crippen molar-refractivity contribution in [2.24, 2.45) is 5.92 Å². The van der Waals surface area contributed by atoms with E-state index in [1.54, 1.807) is 29.2 Å². The minimum absolute atomic E-state index is 0.0719. The topological polar surface area (TPSA) is 97.0 Å². The maximum atomic E-state index is 12.6. The van der Waals surface area contributed by atoms with Crippen molar-refractivity contribution in [2.75, 3.05) is 45.3 Å². The minimum atomic E-state index is -0.285. The second kappa shape index (κ2) is 12.8. The molecule has 0 atom stereocenters. The molecule has 1 aromatic rings. The second-order valence-corrected chi connectivity index (χ2v) is 7.37. The number of likely N-dealkylation sites (tertiary alicyclic amines) is 1. The van der Waals surface area contributed by atoms with Crippen LogP contribution in [-0.4, -0.2) is 62.8 Å². The van der Waals surface area contributed by atoms with E-state index in [0.717, 1.165) is 25.9 Å². The lowest BCUT2D eigenvalue weighted by atomic mass is 9.96. The highest BCUT2D eigenvalue weighted by Crippen LogP contribution is 2.20. The number of hydrogen-bond donors (Lipinski definition) is 2. The molecule has 2 N–H and O–H groups in total. The number of hydrogen-bond acceptors (Lipinski definition) is 5. The first-order valence-corrected chi connectivity index (χ1v) is 10.6. The van der Waals surface area contributed by atoms with Gasteiger partial charge in [0.2, 0.25) is 0 Å². The number of carbonyl (C=O) groups excluding carboxylic acids is 3. The van der Waals surface area contributed by atoms with Gasteiger partial charge < -0.3 is 25.0 Å². The molecule has 1 saturated heterocycles. The summed E-state index contributed by atoms with van der Waals surface area (Å²) in [5, 5.41) is 5.54. The highest BCUT2D eigenvalue weighted by Gasteiger charge is 2.28. The molecule has 2 rings (SSSR count). The summed E-state index contributed by atoms with van der Waals surface area (Å²) in [5.74, 6) is -0.413. The third kappa shape index (κ3) is 7.67. The summed E-state index contributed by atoms with van der Waals surface area (Å²) in [6.07, 6.45) is 4.15. The van der Waals surface area contributed by atoms with E-state index in [2.05, 4.69) is 17.6 Å². The van der Waals surface area contributed by atoms with Crippen molar-refractivity contribution in [1.29, 1.82) is 0 Å². The quantitative estimate of drug-likeness (QED) is 0.449.